The van der Waals surface area contributed by atoms with Gasteiger partial charge in [-0.05, 0) is 47.5 Å². The number of rotatable bonds is 7. The molecular formula is C31H31N3O6. The highest BCUT2D eigenvalue weighted by Gasteiger charge is 2.49. The van der Waals surface area contributed by atoms with E-state index in [-0.39, 0.29) is 24.9 Å². The first-order valence-corrected chi connectivity index (χ1v) is 13.1. The minimum Gasteiger partial charge on any atom is -0.497 e. The number of benzene rings is 3. The van der Waals surface area contributed by atoms with Crippen molar-refractivity contribution >= 4 is 22.7 Å². The number of carbonyl (C=O) groups excluding carboxylic acids is 2. The molecule has 1 fully saturated rings. The lowest BCUT2D eigenvalue weighted by atomic mass is 9.85. The maximum absolute atomic E-state index is 14.1. The molecule has 1 unspecified atom stereocenters. The quantitative estimate of drug-likeness (QED) is 0.379. The van der Waals surface area contributed by atoms with Gasteiger partial charge in [0.15, 0.2) is 11.5 Å². The van der Waals surface area contributed by atoms with E-state index in [1.54, 1.807) is 44.3 Å². The number of aromatic amines is 1. The molecule has 0 saturated carbocycles. The van der Waals surface area contributed by atoms with Crippen LogP contribution in [0.2, 0.25) is 0 Å². The smallest absolute Gasteiger partial charge is 0.246 e. The van der Waals surface area contributed by atoms with E-state index in [1.165, 1.54) is 0 Å². The summed E-state index contributed by atoms with van der Waals surface area (Å²) in [5, 5.41) is 1.04. The Morgan fingerprint density at radius 2 is 1.60 bits per heavy atom. The van der Waals surface area contributed by atoms with Gasteiger partial charge in [0.1, 0.15) is 30.1 Å². The third kappa shape index (κ3) is 4.09. The molecule has 40 heavy (non-hydrogen) atoms. The van der Waals surface area contributed by atoms with Crippen LogP contribution < -0.4 is 18.9 Å². The maximum atomic E-state index is 14.1. The summed E-state index contributed by atoms with van der Waals surface area (Å²) >= 11 is 0. The number of hydrogen-bond acceptors (Lipinski definition) is 6. The predicted molar refractivity (Wildman–Crippen MR) is 149 cm³/mol. The summed E-state index contributed by atoms with van der Waals surface area (Å²) in [7, 11) is 6.36. The standard InChI is InChI=1S/C31H31N3O6/c1-37-19-10-12-25(38-2)22(14-19)30-29-21(20-7-5-6-8-23(20)32-29)15-24-31(36)33(17-28(35)34(24)30)16-18-9-11-26(39-3)27(13-18)40-4/h5-14,24,30,32H,15-17H2,1-4H3/t24-,30?/m0/s1. The highest BCUT2D eigenvalue weighted by molar-refractivity contribution is 5.97. The zero-order valence-corrected chi connectivity index (χ0v) is 22.9. The van der Waals surface area contributed by atoms with Gasteiger partial charge in [0.05, 0.1) is 28.4 Å². The van der Waals surface area contributed by atoms with Gasteiger partial charge < -0.3 is 33.7 Å². The Labute approximate surface area is 232 Å². The molecule has 0 spiro atoms. The van der Waals surface area contributed by atoms with E-state index in [0.717, 1.165) is 33.3 Å². The first-order valence-electron chi connectivity index (χ1n) is 13.1. The summed E-state index contributed by atoms with van der Waals surface area (Å²) in [6.45, 7) is 0.241. The summed E-state index contributed by atoms with van der Waals surface area (Å²) in [4.78, 5) is 35.0. The minimum atomic E-state index is -0.672. The van der Waals surface area contributed by atoms with E-state index in [2.05, 4.69) is 11.1 Å². The number of methoxy groups -OCH3 is 4. The molecule has 9 heteroatoms. The van der Waals surface area contributed by atoms with Crippen LogP contribution in [0.3, 0.4) is 0 Å². The van der Waals surface area contributed by atoms with Crippen molar-refractivity contribution in [2.75, 3.05) is 35.0 Å². The number of hydrogen-bond donors (Lipinski definition) is 1. The molecule has 4 aromatic rings. The normalized spacial score (nSPS) is 18.4. The van der Waals surface area contributed by atoms with Crippen molar-refractivity contribution in [3.63, 3.8) is 0 Å². The second-order valence-electron chi connectivity index (χ2n) is 9.98. The van der Waals surface area contributed by atoms with Crippen LogP contribution in [0.1, 0.15) is 28.4 Å². The number of fused-ring (bicyclic) bond motifs is 4. The fourth-order valence-corrected chi connectivity index (χ4v) is 6.03. The van der Waals surface area contributed by atoms with Gasteiger partial charge in [-0.25, -0.2) is 0 Å². The monoisotopic (exact) mass is 541 g/mol. The molecule has 3 heterocycles. The lowest BCUT2D eigenvalue weighted by molar-refractivity contribution is -0.159. The third-order valence-corrected chi connectivity index (χ3v) is 7.90. The molecule has 3 aromatic carbocycles. The minimum absolute atomic E-state index is 0.0397. The number of nitrogens with one attached hydrogen (secondary N) is 1. The fourth-order valence-electron chi connectivity index (χ4n) is 6.03. The molecule has 2 aliphatic heterocycles. The van der Waals surface area contributed by atoms with E-state index < -0.39 is 12.1 Å². The highest BCUT2D eigenvalue weighted by Crippen LogP contribution is 2.46. The Balaban J connectivity index is 1.44. The molecule has 6 rings (SSSR count). The summed E-state index contributed by atoms with van der Waals surface area (Å²) in [6, 6.07) is 17.9. The van der Waals surface area contributed by atoms with Gasteiger partial charge in [-0.2, -0.15) is 0 Å². The van der Waals surface area contributed by atoms with E-state index in [1.807, 2.05) is 48.5 Å². The first-order chi connectivity index (χ1) is 19.5. The summed E-state index contributed by atoms with van der Waals surface area (Å²) in [6.07, 6.45) is 0.412. The zero-order valence-electron chi connectivity index (χ0n) is 22.9. The van der Waals surface area contributed by atoms with Gasteiger partial charge in [-0.1, -0.05) is 24.3 Å². The van der Waals surface area contributed by atoms with Crippen LogP contribution in [0.4, 0.5) is 0 Å². The fraction of sp³-hybridized carbons (Fsp3) is 0.290. The van der Waals surface area contributed by atoms with Crippen molar-refractivity contribution in [3.05, 3.63) is 83.0 Å². The molecule has 0 bridgehead atoms. The summed E-state index contributed by atoms with van der Waals surface area (Å²) in [5.41, 5.74) is 4.48. The average molecular weight is 542 g/mol. The van der Waals surface area contributed by atoms with E-state index >= 15 is 0 Å². The van der Waals surface area contributed by atoms with Gasteiger partial charge in [0.25, 0.3) is 0 Å². The highest BCUT2D eigenvalue weighted by atomic mass is 16.5. The zero-order chi connectivity index (χ0) is 28.0. The molecule has 1 saturated heterocycles. The Bertz CT molecular complexity index is 1610. The number of nitrogens with zero attached hydrogens (tertiary/aromatic N) is 2. The largest absolute Gasteiger partial charge is 0.497 e. The summed E-state index contributed by atoms with van der Waals surface area (Å²) < 4.78 is 22.1. The number of amides is 2. The van der Waals surface area contributed by atoms with Gasteiger partial charge >= 0.3 is 0 Å². The van der Waals surface area contributed by atoms with Crippen molar-refractivity contribution in [1.82, 2.24) is 14.8 Å². The van der Waals surface area contributed by atoms with E-state index in [0.29, 0.717) is 29.4 Å². The molecule has 0 radical (unpaired) electrons. The molecule has 9 nitrogen and oxygen atoms in total. The van der Waals surface area contributed by atoms with Crippen LogP contribution in [0.25, 0.3) is 10.9 Å². The number of para-hydroxylation sites is 1. The van der Waals surface area contributed by atoms with Gasteiger partial charge in [-0.3, -0.25) is 9.59 Å². The van der Waals surface area contributed by atoms with Crippen LogP contribution in [0, 0.1) is 0 Å². The Morgan fingerprint density at radius 3 is 2.35 bits per heavy atom. The molecular weight excluding hydrogens is 510 g/mol. The molecule has 2 aliphatic rings. The summed E-state index contributed by atoms with van der Waals surface area (Å²) in [5.74, 6) is 2.20. The van der Waals surface area contributed by atoms with Crippen molar-refractivity contribution < 1.29 is 28.5 Å². The maximum Gasteiger partial charge on any atom is 0.246 e. The Kier molecular flexibility index (Phi) is 6.50. The lowest BCUT2D eigenvalue weighted by Crippen LogP contribution is -2.62. The predicted octanol–water partition coefficient (Wildman–Crippen LogP) is 4.09. The molecule has 2 atom stereocenters. The van der Waals surface area contributed by atoms with Crippen LogP contribution in [0.15, 0.2) is 60.7 Å². The molecule has 1 N–H and O–H groups in total. The van der Waals surface area contributed by atoms with Gasteiger partial charge in [-0.15, -0.1) is 0 Å². The van der Waals surface area contributed by atoms with Gasteiger partial charge in [0, 0.05) is 35.1 Å². The SMILES string of the molecule is COc1ccc(OC)c(C2c3[nH]c4ccccc4c3C[C@H]3C(=O)N(Cc4ccc(OC)c(OC)c4)CC(=O)N23)c1. The second kappa shape index (κ2) is 10.1. The van der Waals surface area contributed by atoms with Crippen molar-refractivity contribution in [2.45, 2.75) is 25.0 Å². The van der Waals surface area contributed by atoms with Crippen molar-refractivity contribution in [1.29, 1.82) is 0 Å². The second-order valence-corrected chi connectivity index (χ2v) is 9.98. The molecule has 206 valence electrons. The van der Waals surface area contributed by atoms with E-state index in [9.17, 15) is 9.59 Å². The molecule has 2 amide bonds. The lowest BCUT2D eigenvalue weighted by Gasteiger charge is -2.47. The average Bonchev–Trinajstić information content (AvgIpc) is 3.36. The van der Waals surface area contributed by atoms with Crippen LogP contribution in [0.5, 0.6) is 23.0 Å². The Hall–Kier alpha value is -4.66. The van der Waals surface area contributed by atoms with Crippen LogP contribution in [-0.4, -0.2) is 67.6 Å². The van der Waals surface area contributed by atoms with Crippen molar-refractivity contribution in [2.24, 2.45) is 0 Å². The third-order valence-electron chi connectivity index (χ3n) is 7.90. The van der Waals surface area contributed by atoms with Gasteiger partial charge in [0.2, 0.25) is 11.8 Å². The number of piperazine rings is 1. The van der Waals surface area contributed by atoms with Crippen LogP contribution >= 0.6 is 0 Å². The number of carbonyl (C=O) groups is 2. The number of aromatic nitrogens is 1. The number of ether oxygens (including phenoxy) is 4. The molecule has 1 aromatic heterocycles. The van der Waals surface area contributed by atoms with Crippen LogP contribution in [-0.2, 0) is 22.6 Å². The van der Waals surface area contributed by atoms with E-state index in [4.69, 9.17) is 18.9 Å². The first kappa shape index (κ1) is 25.6. The topological polar surface area (TPSA) is 93.3 Å². The van der Waals surface area contributed by atoms with Crippen molar-refractivity contribution in [3.8, 4) is 23.0 Å². The number of H-pyrrole nitrogens is 1. The molecule has 0 aliphatic carbocycles. The Morgan fingerprint density at radius 1 is 0.850 bits per heavy atom.